The molecule has 2 aromatic carbocycles. The summed E-state index contributed by atoms with van der Waals surface area (Å²) < 4.78 is 42.0. The van der Waals surface area contributed by atoms with Gasteiger partial charge in [0.1, 0.15) is 17.7 Å². The highest BCUT2D eigenvalue weighted by atomic mass is 19.3. The van der Waals surface area contributed by atoms with Crippen LogP contribution in [0.5, 0.6) is 5.75 Å². The van der Waals surface area contributed by atoms with Gasteiger partial charge in [-0.2, -0.15) is 8.78 Å². The molecule has 0 aliphatic rings. The molecule has 2 aromatic rings. The zero-order valence-corrected chi connectivity index (χ0v) is 11.9. The van der Waals surface area contributed by atoms with Gasteiger partial charge in [0, 0.05) is 17.7 Å². The highest BCUT2D eigenvalue weighted by Crippen LogP contribution is 2.25. The van der Waals surface area contributed by atoms with Gasteiger partial charge in [-0.05, 0) is 35.9 Å². The van der Waals surface area contributed by atoms with Gasteiger partial charge in [-0.25, -0.2) is 4.39 Å². The van der Waals surface area contributed by atoms with Crippen LogP contribution in [0.2, 0.25) is 0 Å². The lowest BCUT2D eigenvalue weighted by molar-refractivity contribution is -0.0504. The summed E-state index contributed by atoms with van der Waals surface area (Å²) in [4.78, 5) is 12.3. The molecule has 0 saturated heterocycles. The van der Waals surface area contributed by atoms with Crippen molar-refractivity contribution in [2.45, 2.75) is 19.3 Å². The monoisotopic (exact) mass is 325 g/mol. The van der Waals surface area contributed by atoms with Gasteiger partial charge in [0.25, 0.3) is 0 Å². The predicted molar refractivity (Wildman–Crippen MR) is 76.7 cm³/mol. The fourth-order valence-electron chi connectivity index (χ4n) is 2.09. The number of aliphatic hydroxyl groups excluding tert-OH is 1. The maximum absolute atomic E-state index is 13.2. The molecule has 1 atom stereocenters. The molecular formula is C16H14F3NO3. The summed E-state index contributed by atoms with van der Waals surface area (Å²) in [6.45, 7) is -3.14. The van der Waals surface area contributed by atoms with Crippen LogP contribution in [0, 0.1) is 5.82 Å². The average Bonchev–Trinajstić information content (AvgIpc) is 2.53. The zero-order chi connectivity index (χ0) is 17.0. The minimum absolute atomic E-state index is 0.0591. The van der Waals surface area contributed by atoms with Crippen molar-refractivity contribution in [2.24, 2.45) is 5.73 Å². The quantitative estimate of drug-likeness (QED) is 0.801. The van der Waals surface area contributed by atoms with Crippen molar-refractivity contribution in [2.75, 3.05) is 0 Å². The number of ketones is 1. The normalized spacial score (nSPS) is 12.3. The molecule has 4 nitrogen and oxygen atoms in total. The van der Waals surface area contributed by atoms with Gasteiger partial charge >= 0.3 is 6.61 Å². The molecule has 0 amide bonds. The summed E-state index contributed by atoms with van der Waals surface area (Å²) in [6.07, 6.45) is -1.57. The Bertz CT molecular complexity index is 707. The number of halogens is 3. The number of rotatable bonds is 6. The molecule has 1 unspecified atom stereocenters. The number of Topliss-reactive ketones (excluding diaryl/α,β-unsaturated/α-hetero) is 1. The van der Waals surface area contributed by atoms with Crippen LogP contribution in [0.15, 0.2) is 42.5 Å². The lowest BCUT2D eigenvalue weighted by atomic mass is 9.98. The topological polar surface area (TPSA) is 72.6 Å². The average molecular weight is 325 g/mol. The van der Waals surface area contributed by atoms with E-state index in [4.69, 9.17) is 5.73 Å². The molecule has 3 N–H and O–H groups in total. The number of hydrogen-bond donors (Lipinski definition) is 2. The third-order valence-corrected chi connectivity index (χ3v) is 3.19. The van der Waals surface area contributed by atoms with Gasteiger partial charge < -0.3 is 15.6 Å². The number of benzene rings is 2. The van der Waals surface area contributed by atoms with Crippen LogP contribution in [-0.4, -0.2) is 17.5 Å². The van der Waals surface area contributed by atoms with Gasteiger partial charge in [-0.1, -0.05) is 12.1 Å². The Labute approximate surface area is 130 Å². The molecule has 0 bridgehead atoms. The molecular weight excluding hydrogens is 311 g/mol. The van der Waals surface area contributed by atoms with Crippen molar-refractivity contribution >= 4 is 5.78 Å². The van der Waals surface area contributed by atoms with E-state index in [1.165, 1.54) is 36.4 Å². The molecule has 0 aliphatic heterocycles. The maximum atomic E-state index is 13.2. The van der Waals surface area contributed by atoms with E-state index in [9.17, 15) is 23.1 Å². The molecule has 7 heteroatoms. The van der Waals surface area contributed by atoms with Crippen LogP contribution < -0.4 is 10.5 Å². The first-order chi connectivity index (χ1) is 10.9. The molecule has 0 spiro atoms. The Kier molecular flexibility index (Phi) is 5.36. The second-order valence-electron chi connectivity index (χ2n) is 4.73. The number of carbonyl (C=O) groups is 1. The summed E-state index contributed by atoms with van der Waals surface area (Å²) >= 11 is 0. The van der Waals surface area contributed by atoms with E-state index >= 15 is 0 Å². The summed E-state index contributed by atoms with van der Waals surface area (Å²) in [6, 6.07) is 8.68. The van der Waals surface area contributed by atoms with Gasteiger partial charge in [0.15, 0.2) is 5.78 Å². The summed E-state index contributed by atoms with van der Waals surface area (Å²) in [5, 5.41) is 10.0. The van der Waals surface area contributed by atoms with E-state index in [-0.39, 0.29) is 29.0 Å². The highest BCUT2D eigenvalue weighted by Gasteiger charge is 2.21. The minimum atomic E-state index is -3.01. The Morgan fingerprint density at radius 3 is 2.57 bits per heavy atom. The third kappa shape index (κ3) is 4.08. The van der Waals surface area contributed by atoms with Crippen LogP contribution in [0.3, 0.4) is 0 Å². The van der Waals surface area contributed by atoms with Crippen molar-refractivity contribution in [3.63, 3.8) is 0 Å². The number of alkyl halides is 2. The molecule has 23 heavy (non-hydrogen) atoms. The Morgan fingerprint density at radius 1 is 1.22 bits per heavy atom. The second-order valence-corrected chi connectivity index (χ2v) is 4.73. The number of carbonyl (C=O) groups excluding carboxylic acids is 1. The first-order valence-electron chi connectivity index (χ1n) is 6.68. The highest BCUT2D eigenvalue weighted by molar-refractivity contribution is 6.00. The number of aliphatic hydroxyl groups is 1. The Hall–Kier alpha value is -2.38. The van der Waals surface area contributed by atoms with Gasteiger partial charge in [0.2, 0.25) is 0 Å². The fraction of sp³-hybridized carbons (Fsp3) is 0.188. The largest absolute Gasteiger partial charge is 0.434 e. The van der Waals surface area contributed by atoms with Crippen LogP contribution >= 0.6 is 0 Å². The van der Waals surface area contributed by atoms with E-state index in [1.807, 2.05) is 0 Å². The number of hydrogen-bond acceptors (Lipinski definition) is 4. The van der Waals surface area contributed by atoms with Crippen molar-refractivity contribution < 1.29 is 27.8 Å². The van der Waals surface area contributed by atoms with Crippen LogP contribution in [-0.2, 0) is 6.54 Å². The van der Waals surface area contributed by atoms with Gasteiger partial charge in [0.05, 0.1) is 0 Å². The molecule has 0 aliphatic carbocycles. The second kappa shape index (κ2) is 7.26. The minimum Gasteiger partial charge on any atom is -0.434 e. The smallest absolute Gasteiger partial charge is 0.387 e. The number of nitrogens with two attached hydrogens (primary N) is 1. The summed E-state index contributed by atoms with van der Waals surface area (Å²) in [5.41, 5.74) is 5.80. The molecule has 0 fully saturated rings. The Balaban J connectivity index is 2.28. The molecule has 2 rings (SSSR count). The molecule has 0 radical (unpaired) electrons. The van der Waals surface area contributed by atoms with Crippen molar-refractivity contribution in [3.8, 4) is 5.75 Å². The van der Waals surface area contributed by atoms with Crippen LogP contribution in [0.4, 0.5) is 13.2 Å². The summed E-state index contributed by atoms with van der Waals surface area (Å²) in [5.74, 6) is -1.43. The van der Waals surface area contributed by atoms with Crippen molar-refractivity contribution in [3.05, 3.63) is 65.0 Å². The van der Waals surface area contributed by atoms with Gasteiger partial charge in [-0.3, -0.25) is 4.79 Å². The first-order valence-corrected chi connectivity index (χ1v) is 6.68. The van der Waals surface area contributed by atoms with E-state index in [0.717, 1.165) is 6.07 Å². The van der Waals surface area contributed by atoms with E-state index < -0.39 is 24.3 Å². The van der Waals surface area contributed by atoms with E-state index in [0.29, 0.717) is 0 Å². The van der Waals surface area contributed by atoms with Gasteiger partial charge in [-0.15, -0.1) is 0 Å². The lowest BCUT2D eigenvalue weighted by Gasteiger charge is -2.13. The van der Waals surface area contributed by atoms with Crippen LogP contribution in [0.25, 0.3) is 0 Å². The third-order valence-electron chi connectivity index (χ3n) is 3.19. The lowest BCUT2D eigenvalue weighted by Crippen LogP contribution is -2.14. The Morgan fingerprint density at radius 2 is 1.96 bits per heavy atom. The van der Waals surface area contributed by atoms with Crippen molar-refractivity contribution in [1.82, 2.24) is 0 Å². The first kappa shape index (κ1) is 17.0. The van der Waals surface area contributed by atoms with E-state index in [2.05, 4.69) is 4.74 Å². The number of ether oxygens (including phenoxy) is 1. The maximum Gasteiger partial charge on any atom is 0.387 e. The molecule has 0 aromatic heterocycles. The van der Waals surface area contributed by atoms with Crippen molar-refractivity contribution in [1.29, 1.82) is 0 Å². The zero-order valence-electron chi connectivity index (χ0n) is 11.9. The molecule has 0 saturated carbocycles. The van der Waals surface area contributed by atoms with Crippen LogP contribution in [0.1, 0.15) is 27.6 Å². The SMILES string of the molecule is NCc1cc(C(=O)C(O)c2cccc(F)c2)ccc1OC(F)F. The standard InChI is InChI=1S/C16H14F3NO3/c17-12-3-1-2-9(7-12)14(21)15(22)10-4-5-13(23-16(18)19)11(6-10)8-20/h1-7,14,16,21H,8,20H2. The predicted octanol–water partition coefficient (Wildman–Crippen LogP) is 2.80. The molecule has 122 valence electrons. The summed E-state index contributed by atoms with van der Waals surface area (Å²) in [7, 11) is 0. The van der Waals surface area contributed by atoms with E-state index in [1.54, 1.807) is 0 Å². The molecule has 0 heterocycles. The fourth-order valence-corrected chi connectivity index (χ4v) is 2.09.